The molecule has 0 bridgehead atoms. The first kappa shape index (κ1) is 15.7. The number of nitrogens with two attached hydrogens (primary N) is 1. The quantitative estimate of drug-likeness (QED) is 0.872. The van der Waals surface area contributed by atoms with Crippen LogP contribution in [0.2, 0.25) is 0 Å². The topological polar surface area (TPSA) is 98.2 Å². The smallest absolute Gasteiger partial charge is 0.240 e. The maximum atomic E-state index is 12.3. The van der Waals surface area contributed by atoms with Crippen LogP contribution in [0, 0.1) is 20.8 Å². The fraction of sp³-hybridized carbons (Fsp3) is 0.357. The SMILES string of the molecule is Cc1ccc(-c2c(C)noc2C)cc1S(=O)(=O)NCCN. The summed E-state index contributed by atoms with van der Waals surface area (Å²) in [7, 11) is -3.57. The summed E-state index contributed by atoms with van der Waals surface area (Å²) in [5.41, 5.74) is 8.35. The lowest BCUT2D eigenvalue weighted by atomic mass is 10.0. The molecule has 2 rings (SSSR count). The van der Waals surface area contributed by atoms with Crippen molar-refractivity contribution in [3.63, 3.8) is 0 Å². The van der Waals surface area contributed by atoms with Gasteiger partial charge in [0.2, 0.25) is 10.0 Å². The predicted octanol–water partition coefficient (Wildman–Crippen LogP) is 1.50. The number of aryl methyl sites for hydroxylation is 3. The molecule has 7 heteroatoms. The number of nitrogens with zero attached hydrogens (tertiary/aromatic N) is 1. The number of hydrogen-bond donors (Lipinski definition) is 2. The van der Waals surface area contributed by atoms with Gasteiger partial charge in [-0.25, -0.2) is 13.1 Å². The Kier molecular flexibility index (Phi) is 4.46. The van der Waals surface area contributed by atoms with Gasteiger partial charge < -0.3 is 10.3 Å². The summed E-state index contributed by atoms with van der Waals surface area (Å²) in [5.74, 6) is 0.662. The fourth-order valence-electron chi connectivity index (χ4n) is 2.21. The van der Waals surface area contributed by atoms with Crippen LogP contribution in [0.25, 0.3) is 11.1 Å². The molecule has 2 aromatic rings. The molecule has 0 unspecified atom stereocenters. The number of aromatic nitrogens is 1. The third-order valence-corrected chi connectivity index (χ3v) is 4.84. The van der Waals surface area contributed by atoms with Gasteiger partial charge in [-0.2, -0.15) is 0 Å². The molecule has 0 spiro atoms. The average molecular weight is 309 g/mol. The summed E-state index contributed by atoms with van der Waals surface area (Å²) in [6.07, 6.45) is 0. The minimum atomic E-state index is -3.57. The lowest BCUT2D eigenvalue weighted by Gasteiger charge is -2.10. The molecule has 3 N–H and O–H groups in total. The Morgan fingerprint density at radius 1 is 1.29 bits per heavy atom. The summed E-state index contributed by atoms with van der Waals surface area (Å²) >= 11 is 0. The van der Waals surface area contributed by atoms with E-state index in [2.05, 4.69) is 9.88 Å². The fourth-order valence-corrected chi connectivity index (χ4v) is 3.53. The summed E-state index contributed by atoms with van der Waals surface area (Å²) in [6, 6.07) is 5.28. The third kappa shape index (κ3) is 3.15. The van der Waals surface area contributed by atoms with Gasteiger partial charge in [-0.05, 0) is 38.0 Å². The van der Waals surface area contributed by atoms with Crippen molar-refractivity contribution in [1.29, 1.82) is 0 Å². The van der Waals surface area contributed by atoms with Crippen LogP contribution in [0.5, 0.6) is 0 Å². The second-order valence-corrected chi connectivity index (χ2v) is 6.60. The van der Waals surface area contributed by atoms with Gasteiger partial charge in [0.15, 0.2) is 0 Å². The van der Waals surface area contributed by atoms with Crippen LogP contribution in [-0.4, -0.2) is 26.7 Å². The second-order valence-electron chi connectivity index (χ2n) is 4.87. The first-order valence-corrected chi connectivity index (χ1v) is 8.08. The molecule has 1 aromatic carbocycles. The van der Waals surface area contributed by atoms with Crippen molar-refractivity contribution in [3.05, 3.63) is 35.2 Å². The van der Waals surface area contributed by atoms with Crippen LogP contribution < -0.4 is 10.5 Å². The first-order chi connectivity index (χ1) is 9.86. The van der Waals surface area contributed by atoms with E-state index in [-0.39, 0.29) is 18.0 Å². The normalized spacial score (nSPS) is 11.8. The Bertz CT molecular complexity index is 731. The molecular formula is C14H19N3O3S. The third-order valence-electron chi connectivity index (χ3n) is 3.24. The molecule has 0 saturated heterocycles. The summed E-state index contributed by atoms with van der Waals surface area (Å²) in [5, 5.41) is 3.90. The zero-order chi connectivity index (χ0) is 15.6. The predicted molar refractivity (Wildman–Crippen MR) is 80.4 cm³/mol. The van der Waals surface area contributed by atoms with E-state index in [9.17, 15) is 8.42 Å². The highest BCUT2D eigenvalue weighted by atomic mass is 32.2. The molecule has 0 fully saturated rings. The van der Waals surface area contributed by atoms with E-state index in [1.165, 1.54) is 0 Å². The van der Waals surface area contributed by atoms with Crippen molar-refractivity contribution in [2.75, 3.05) is 13.1 Å². The molecule has 0 atom stereocenters. The molecule has 0 aliphatic rings. The Morgan fingerprint density at radius 2 is 2.00 bits per heavy atom. The molecule has 6 nitrogen and oxygen atoms in total. The second kappa shape index (κ2) is 5.97. The van der Waals surface area contributed by atoms with Crippen molar-refractivity contribution < 1.29 is 12.9 Å². The highest BCUT2D eigenvalue weighted by Crippen LogP contribution is 2.29. The van der Waals surface area contributed by atoms with Crippen molar-refractivity contribution in [2.45, 2.75) is 25.7 Å². The maximum Gasteiger partial charge on any atom is 0.240 e. The highest BCUT2D eigenvalue weighted by molar-refractivity contribution is 7.89. The van der Waals surface area contributed by atoms with E-state index in [1.54, 1.807) is 26.0 Å². The maximum absolute atomic E-state index is 12.3. The van der Waals surface area contributed by atoms with Crippen LogP contribution in [0.15, 0.2) is 27.6 Å². The van der Waals surface area contributed by atoms with Crippen LogP contribution in [0.3, 0.4) is 0 Å². The number of hydrogen-bond acceptors (Lipinski definition) is 5. The van der Waals surface area contributed by atoms with Gasteiger partial charge >= 0.3 is 0 Å². The molecule has 0 radical (unpaired) electrons. The molecule has 0 aliphatic carbocycles. The summed E-state index contributed by atoms with van der Waals surface area (Å²) < 4.78 is 32.2. The van der Waals surface area contributed by atoms with Gasteiger partial charge in [0.1, 0.15) is 5.76 Å². The monoisotopic (exact) mass is 309 g/mol. The molecule has 114 valence electrons. The van der Waals surface area contributed by atoms with Gasteiger partial charge in [-0.1, -0.05) is 17.3 Å². The molecular weight excluding hydrogens is 290 g/mol. The largest absolute Gasteiger partial charge is 0.361 e. The van der Waals surface area contributed by atoms with Crippen LogP contribution in [0.1, 0.15) is 17.0 Å². The average Bonchev–Trinajstić information content (AvgIpc) is 2.77. The van der Waals surface area contributed by atoms with E-state index < -0.39 is 10.0 Å². The Labute approximate surface area is 124 Å². The zero-order valence-corrected chi connectivity index (χ0v) is 13.1. The number of benzene rings is 1. The number of sulfonamides is 1. The van der Waals surface area contributed by atoms with Crippen molar-refractivity contribution in [1.82, 2.24) is 9.88 Å². The van der Waals surface area contributed by atoms with Gasteiger partial charge in [0.05, 0.1) is 10.6 Å². The minimum absolute atomic E-state index is 0.206. The first-order valence-electron chi connectivity index (χ1n) is 6.60. The van der Waals surface area contributed by atoms with Gasteiger partial charge in [0, 0.05) is 18.7 Å². The standard InChI is InChI=1S/C14H19N3O3S/c1-9-4-5-12(14-10(2)17-20-11(14)3)8-13(9)21(18,19)16-7-6-15/h4-5,8,16H,6-7,15H2,1-3H3. The van der Waals surface area contributed by atoms with Crippen molar-refractivity contribution in [2.24, 2.45) is 5.73 Å². The molecule has 1 heterocycles. The van der Waals surface area contributed by atoms with Crippen molar-refractivity contribution >= 4 is 10.0 Å². The lowest BCUT2D eigenvalue weighted by molar-refractivity contribution is 0.393. The van der Waals surface area contributed by atoms with E-state index >= 15 is 0 Å². The Morgan fingerprint density at radius 3 is 2.57 bits per heavy atom. The molecule has 1 aromatic heterocycles. The summed E-state index contributed by atoms with van der Waals surface area (Å²) in [4.78, 5) is 0.244. The van der Waals surface area contributed by atoms with Gasteiger partial charge in [-0.15, -0.1) is 0 Å². The molecule has 0 amide bonds. The van der Waals surface area contributed by atoms with Crippen LogP contribution >= 0.6 is 0 Å². The minimum Gasteiger partial charge on any atom is -0.361 e. The Hall–Kier alpha value is -1.70. The van der Waals surface area contributed by atoms with E-state index in [0.717, 1.165) is 16.8 Å². The number of rotatable bonds is 5. The van der Waals surface area contributed by atoms with Gasteiger partial charge in [-0.3, -0.25) is 0 Å². The highest BCUT2D eigenvalue weighted by Gasteiger charge is 2.19. The number of nitrogens with one attached hydrogen (secondary N) is 1. The van der Waals surface area contributed by atoms with E-state index in [1.807, 2.05) is 13.0 Å². The summed E-state index contributed by atoms with van der Waals surface area (Å²) in [6.45, 7) is 5.84. The van der Waals surface area contributed by atoms with E-state index in [0.29, 0.717) is 11.3 Å². The molecule has 0 aliphatic heterocycles. The van der Waals surface area contributed by atoms with Crippen molar-refractivity contribution in [3.8, 4) is 11.1 Å². The molecule has 21 heavy (non-hydrogen) atoms. The molecule has 0 saturated carbocycles. The van der Waals surface area contributed by atoms with Crippen LogP contribution in [-0.2, 0) is 10.0 Å². The van der Waals surface area contributed by atoms with Crippen LogP contribution in [0.4, 0.5) is 0 Å². The lowest BCUT2D eigenvalue weighted by Crippen LogP contribution is -2.29. The van der Waals surface area contributed by atoms with E-state index in [4.69, 9.17) is 10.3 Å². The Balaban J connectivity index is 2.53. The van der Waals surface area contributed by atoms with Gasteiger partial charge in [0.25, 0.3) is 0 Å². The zero-order valence-electron chi connectivity index (χ0n) is 12.3.